The second-order valence-corrected chi connectivity index (χ2v) is 3.86. The van der Waals surface area contributed by atoms with Gasteiger partial charge in [-0.1, -0.05) is 23.2 Å². The van der Waals surface area contributed by atoms with Gasteiger partial charge in [0.2, 0.25) is 5.89 Å². The molecule has 0 aliphatic heterocycles. The van der Waals surface area contributed by atoms with E-state index in [1.54, 1.807) is 0 Å². The first-order valence-corrected chi connectivity index (χ1v) is 4.78. The number of alkyl halides is 2. The maximum atomic E-state index is 10.5. The van der Waals surface area contributed by atoms with Gasteiger partial charge in [0, 0.05) is 12.1 Å². The SMILES string of the molecule is O=[N+]([O-])c1ccc2oc(C(Cl)Cl)nc2c1. The highest BCUT2D eigenvalue weighted by Gasteiger charge is 2.15. The minimum absolute atomic E-state index is 0.0527. The molecule has 0 spiro atoms. The van der Waals surface area contributed by atoms with Crippen LogP contribution in [0.1, 0.15) is 10.7 Å². The Labute approximate surface area is 93.8 Å². The van der Waals surface area contributed by atoms with Crippen molar-refractivity contribution in [2.75, 3.05) is 0 Å². The number of nitro groups is 1. The molecule has 0 radical (unpaired) electrons. The van der Waals surface area contributed by atoms with Crippen molar-refractivity contribution in [1.82, 2.24) is 4.98 Å². The average molecular weight is 247 g/mol. The zero-order valence-electron chi connectivity index (χ0n) is 7.18. The van der Waals surface area contributed by atoms with Crippen LogP contribution in [0, 0.1) is 10.1 Å². The molecule has 1 aromatic carbocycles. The Morgan fingerprint density at radius 1 is 1.47 bits per heavy atom. The van der Waals surface area contributed by atoms with E-state index in [9.17, 15) is 10.1 Å². The largest absolute Gasteiger partial charge is 0.438 e. The minimum Gasteiger partial charge on any atom is -0.438 e. The molecule has 0 fully saturated rings. The highest BCUT2D eigenvalue weighted by Crippen LogP contribution is 2.28. The van der Waals surface area contributed by atoms with Crippen LogP contribution in [0.4, 0.5) is 5.69 Å². The van der Waals surface area contributed by atoms with E-state index in [-0.39, 0.29) is 11.6 Å². The van der Waals surface area contributed by atoms with Crippen LogP contribution in [0.3, 0.4) is 0 Å². The van der Waals surface area contributed by atoms with Crippen molar-refractivity contribution in [3.8, 4) is 0 Å². The molecule has 5 nitrogen and oxygen atoms in total. The van der Waals surface area contributed by atoms with Crippen LogP contribution < -0.4 is 0 Å². The number of rotatable bonds is 2. The van der Waals surface area contributed by atoms with Crippen LogP contribution in [-0.2, 0) is 0 Å². The standard InChI is InChI=1S/C8H4Cl2N2O3/c9-7(10)8-11-5-3-4(12(13)14)1-2-6(5)15-8/h1-3,7H. The summed E-state index contributed by atoms with van der Waals surface area (Å²) in [5.74, 6) is 0.133. The first-order chi connectivity index (χ1) is 7.08. The second kappa shape index (κ2) is 3.67. The Balaban J connectivity index is 2.57. The summed E-state index contributed by atoms with van der Waals surface area (Å²) in [6, 6.07) is 4.09. The summed E-state index contributed by atoms with van der Waals surface area (Å²) in [7, 11) is 0. The number of hydrogen-bond donors (Lipinski definition) is 0. The predicted octanol–water partition coefficient (Wildman–Crippen LogP) is 3.21. The molecule has 15 heavy (non-hydrogen) atoms. The van der Waals surface area contributed by atoms with Crippen LogP contribution in [0.2, 0.25) is 0 Å². The average Bonchev–Trinajstić information content (AvgIpc) is 2.59. The lowest BCUT2D eigenvalue weighted by atomic mass is 10.3. The van der Waals surface area contributed by atoms with E-state index in [4.69, 9.17) is 27.6 Å². The Morgan fingerprint density at radius 2 is 2.20 bits per heavy atom. The number of halogens is 2. The zero-order valence-corrected chi connectivity index (χ0v) is 8.70. The van der Waals surface area contributed by atoms with Crippen LogP contribution >= 0.6 is 23.2 Å². The summed E-state index contributed by atoms with van der Waals surface area (Å²) >= 11 is 11.1. The lowest BCUT2D eigenvalue weighted by Crippen LogP contribution is -1.86. The van der Waals surface area contributed by atoms with Gasteiger partial charge in [0.05, 0.1) is 4.92 Å². The van der Waals surface area contributed by atoms with Gasteiger partial charge in [-0.3, -0.25) is 10.1 Å². The zero-order chi connectivity index (χ0) is 11.0. The molecule has 0 aliphatic rings. The van der Waals surface area contributed by atoms with Gasteiger partial charge in [0.25, 0.3) is 5.69 Å². The van der Waals surface area contributed by atoms with Gasteiger partial charge in [-0.2, -0.15) is 0 Å². The third kappa shape index (κ3) is 1.88. The number of nitrogens with zero attached hydrogens (tertiary/aromatic N) is 2. The van der Waals surface area contributed by atoms with Gasteiger partial charge >= 0.3 is 0 Å². The topological polar surface area (TPSA) is 69.2 Å². The van der Waals surface area contributed by atoms with Crippen molar-refractivity contribution in [3.05, 3.63) is 34.2 Å². The second-order valence-electron chi connectivity index (χ2n) is 2.76. The normalized spacial score (nSPS) is 11.1. The van der Waals surface area contributed by atoms with Crippen LogP contribution in [-0.4, -0.2) is 9.91 Å². The summed E-state index contributed by atoms with van der Waals surface area (Å²) in [5.41, 5.74) is 0.732. The first kappa shape index (κ1) is 10.2. The molecule has 0 bridgehead atoms. The van der Waals surface area contributed by atoms with Crippen molar-refractivity contribution in [2.45, 2.75) is 4.84 Å². The Morgan fingerprint density at radius 3 is 2.80 bits per heavy atom. The summed E-state index contributed by atoms with van der Waals surface area (Å²) in [6.07, 6.45) is 0. The van der Waals surface area contributed by atoms with Gasteiger partial charge in [0.1, 0.15) is 5.52 Å². The molecule has 0 unspecified atom stereocenters. The maximum Gasteiger partial charge on any atom is 0.271 e. The van der Waals surface area contributed by atoms with Crippen LogP contribution in [0.15, 0.2) is 22.6 Å². The molecule has 1 heterocycles. The molecule has 78 valence electrons. The van der Waals surface area contributed by atoms with Crippen LogP contribution in [0.5, 0.6) is 0 Å². The fraction of sp³-hybridized carbons (Fsp3) is 0.125. The Hall–Kier alpha value is -1.33. The molecule has 0 atom stereocenters. The fourth-order valence-electron chi connectivity index (χ4n) is 1.14. The Bertz CT molecular complexity index is 524. The number of fused-ring (bicyclic) bond motifs is 1. The van der Waals surface area contributed by atoms with E-state index in [0.717, 1.165) is 0 Å². The van der Waals surface area contributed by atoms with Crippen molar-refractivity contribution in [2.24, 2.45) is 0 Å². The molecular weight excluding hydrogens is 243 g/mol. The molecule has 7 heteroatoms. The monoisotopic (exact) mass is 246 g/mol. The lowest BCUT2D eigenvalue weighted by Gasteiger charge is -1.89. The molecule has 0 N–H and O–H groups in total. The van der Waals surface area contributed by atoms with Crippen molar-refractivity contribution in [1.29, 1.82) is 0 Å². The number of benzene rings is 1. The van der Waals surface area contributed by atoms with Crippen LogP contribution in [0.25, 0.3) is 11.1 Å². The number of nitro benzene ring substituents is 1. The number of non-ortho nitro benzene ring substituents is 1. The van der Waals surface area contributed by atoms with Gasteiger partial charge < -0.3 is 4.42 Å². The molecule has 2 rings (SSSR count). The van der Waals surface area contributed by atoms with E-state index in [1.165, 1.54) is 18.2 Å². The van der Waals surface area contributed by atoms with E-state index in [2.05, 4.69) is 4.98 Å². The summed E-state index contributed by atoms with van der Waals surface area (Å²) in [6.45, 7) is 0. The molecule has 0 aliphatic carbocycles. The molecule has 1 aromatic heterocycles. The highest BCUT2D eigenvalue weighted by molar-refractivity contribution is 6.43. The number of hydrogen-bond acceptors (Lipinski definition) is 4. The number of aromatic nitrogens is 1. The number of oxazole rings is 1. The highest BCUT2D eigenvalue weighted by atomic mass is 35.5. The summed E-state index contributed by atoms with van der Waals surface area (Å²) in [5, 5.41) is 10.5. The van der Waals surface area contributed by atoms with Crippen molar-refractivity contribution in [3.63, 3.8) is 0 Å². The van der Waals surface area contributed by atoms with Gasteiger partial charge in [0.15, 0.2) is 10.4 Å². The van der Waals surface area contributed by atoms with Gasteiger partial charge in [-0.25, -0.2) is 4.98 Å². The third-order valence-corrected chi connectivity index (χ3v) is 2.16. The third-order valence-electron chi connectivity index (χ3n) is 1.79. The minimum atomic E-state index is -0.878. The van der Waals surface area contributed by atoms with Crippen molar-refractivity contribution >= 4 is 40.0 Å². The quantitative estimate of drug-likeness (QED) is 0.464. The molecule has 0 saturated carbocycles. The smallest absolute Gasteiger partial charge is 0.271 e. The first-order valence-electron chi connectivity index (χ1n) is 3.91. The van der Waals surface area contributed by atoms with E-state index < -0.39 is 9.76 Å². The molecular formula is C8H4Cl2N2O3. The van der Waals surface area contributed by atoms with Gasteiger partial charge in [-0.05, 0) is 6.07 Å². The van der Waals surface area contributed by atoms with E-state index in [1.807, 2.05) is 0 Å². The van der Waals surface area contributed by atoms with Crippen molar-refractivity contribution < 1.29 is 9.34 Å². The van der Waals surface area contributed by atoms with E-state index >= 15 is 0 Å². The summed E-state index contributed by atoms with van der Waals surface area (Å²) < 4.78 is 5.17. The molecule has 0 saturated heterocycles. The lowest BCUT2D eigenvalue weighted by molar-refractivity contribution is -0.384. The maximum absolute atomic E-state index is 10.5. The van der Waals surface area contributed by atoms with E-state index in [0.29, 0.717) is 11.1 Å². The molecule has 2 aromatic rings. The molecule has 0 amide bonds. The predicted molar refractivity (Wildman–Crippen MR) is 55.1 cm³/mol. The fourth-order valence-corrected chi connectivity index (χ4v) is 1.33. The summed E-state index contributed by atoms with van der Waals surface area (Å²) in [4.78, 5) is 13.0. The Kier molecular flexibility index (Phi) is 2.50. The van der Waals surface area contributed by atoms with Gasteiger partial charge in [-0.15, -0.1) is 0 Å².